The van der Waals surface area contributed by atoms with E-state index in [-0.39, 0.29) is 6.61 Å². The third kappa shape index (κ3) is 1.92. The summed E-state index contributed by atoms with van der Waals surface area (Å²) < 4.78 is 10.5. The van der Waals surface area contributed by atoms with Gasteiger partial charge in [0.25, 0.3) is 0 Å². The molecule has 0 saturated heterocycles. The van der Waals surface area contributed by atoms with Gasteiger partial charge in [-0.25, -0.2) is 0 Å². The number of benzene rings is 1. The maximum Gasteiger partial charge on any atom is 0.122 e. The van der Waals surface area contributed by atoms with Crippen LogP contribution >= 0.6 is 0 Å². The number of aliphatic hydroxyl groups is 1. The summed E-state index contributed by atoms with van der Waals surface area (Å²) in [7, 11) is 3.32. The minimum atomic E-state index is 0.255. The second kappa shape index (κ2) is 4.11. The Hall–Kier alpha value is -1.22. The molecule has 1 aromatic rings. The molecule has 15 heavy (non-hydrogen) atoms. The molecule has 3 heteroatoms. The van der Waals surface area contributed by atoms with Gasteiger partial charge in [0.15, 0.2) is 0 Å². The molecule has 0 radical (unpaired) electrons. The number of ether oxygens (including phenoxy) is 2. The van der Waals surface area contributed by atoms with E-state index >= 15 is 0 Å². The predicted octanol–water partition coefficient (Wildman–Crippen LogP) is 1.80. The van der Waals surface area contributed by atoms with E-state index in [1.807, 2.05) is 18.2 Å². The van der Waals surface area contributed by atoms with Crippen LogP contribution in [0.15, 0.2) is 18.2 Å². The van der Waals surface area contributed by atoms with Crippen molar-refractivity contribution < 1.29 is 14.6 Å². The first kappa shape index (κ1) is 10.3. The van der Waals surface area contributed by atoms with E-state index in [9.17, 15) is 0 Å². The van der Waals surface area contributed by atoms with Crippen LogP contribution in [0, 0.1) is 5.92 Å². The molecular formula is C12H16O3. The van der Waals surface area contributed by atoms with Crippen molar-refractivity contribution >= 4 is 0 Å². The Morgan fingerprint density at radius 2 is 2.13 bits per heavy atom. The molecule has 0 bridgehead atoms. The summed E-state index contributed by atoms with van der Waals surface area (Å²) in [5, 5.41) is 9.06. The monoisotopic (exact) mass is 208 g/mol. The van der Waals surface area contributed by atoms with Gasteiger partial charge in [-0.15, -0.1) is 0 Å². The third-order valence-corrected chi connectivity index (χ3v) is 2.99. The minimum Gasteiger partial charge on any atom is -0.497 e. The number of methoxy groups -OCH3 is 2. The van der Waals surface area contributed by atoms with Crippen molar-refractivity contribution in [2.45, 2.75) is 12.3 Å². The summed E-state index contributed by atoms with van der Waals surface area (Å²) in [6.45, 7) is 0.255. The van der Waals surface area contributed by atoms with Gasteiger partial charge in [-0.3, -0.25) is 0 Å². The highest BCUT2D eigenvalue weighted by atomic mass is 16.5. The SMILES string of the molecule is COc1ccc(OC)c(C2CC2CO)c1. The van der Waals surface area contributed by atoms with Crippen LogP contribution in [0.2, 0.25) is 0 Å². The maximum absolute atomic E-state index is 9.06. The fourth-order valence-corrected chi connectivity index (χ4v) is 1.96. The summed E-state index contributed by atoms with van der Waals surface area (Å²) in [5.41, 5.74) is 1.15. The molecule has 2 unspecified atom stereocenters. The smallest absolute Gasteiger partial charge is 0.122 e. The van der Waals surface area contributed by atoms with Gasteiger partial charge in [0.2, 0.25) is 0 Å². The van der Waals surface area contributed by atoms with Gasteiger partial charge >= 0.3 is 0 Å². The molecule has 1 aliphatic rings. The molecule has 0 aromatic heterocycles. The van der Waals surface area contributed by atoms with Gasteiger partial charge in [0.1, 0.15) is 11.5 Å². The Morgan fingerprint density at radius 3 is 2.67 bits per heavy atom. The summed E-state index contributed by atoms with van der Waals surface area (Å²) >= 11 is 0. The van der Waals surface area contributed by atoms with Crippen LogP contribution in [0.4, 0.5) is 0 Å². The fraction of sp³-hybridized carbons (Fsp3) is 0.500. The number of aliphatic hydroxyl groups excluding tert-OH is 1. The largest absolute Gasteiger partial charge is 0.497 e. The molecule has 1 saturated carbocycles. The molecule has 1 fully saturated rings. The van der Waals surface area contributed by atoms with E-state index in [1.165, 1.54) is 0 Å². The van der Waals surface area contributed by atoms with Crippen molar-refractivity contribution in [3.63, 3.8) is 0 Å². The Morgan fingerprint density at radius 1 is 1.33 bits per heavy atom. The molecule has 82 valence electrons. The third-order valence-electron chi connectivity index (χ3n) is 2.99. The van der Waals surface area contributed by atoms with Crippen LogP contribution in [-0.4, -0.2) is 25.9 Å². The average molecular weight is 208 g/mol. The van der Waals surface area contributed by atoms with Gasteiger partial charge in [-0.1, -0.05) is 0 Å². The standard InChI is InChI=1S/C12H16O3/c1-14-9-3-4-12(15-2)11(6-9)10-5-8(10)7-13/h3-4,6,8,10,13H,5,7H2,1-2H3. The van der Waals surface area contributed by atoms with Crippen molar-refractivity contribution in [2.75, 3.05) is 20.8 Å². The van der Waals surface area contributed by atoms with Crippen LogP contribution < -0.4 is 9.47 Å². The Balaban J connectivity index is 2.27. The number of hydrogen-bond donors (Lipinski definition) is 1. The first-order valence-corrected chi connectivity index (χ1v) is 5.13. The molecule has 2 atom stereocenters. The topological polar surface area (TPSA) is 38.7 Å². The number of hydrogen-bond acceptors (Lipinski definition) is 3. The lowest BCUT2D eigenvalue weighted by molar-refractivity contribution is 0.273. The maximum atomic E-state index is 9.06. The highest BCUT2D eigenvalue weighted by Crippen LogP contribution is 2.50. The first-order valence-electron chi connectivity index (χ1n) is 5.13. The zero-order valence-corrected chi connectivity index (χ0v) is 9.06. The lowest BCUT2D eigenvalue weighted by atomic mass is 10.1. The fourth-order valence-electron chi connectivity index (χ4n) is 1.96. The molecule has 1 aromatic carbocycles. The van der Waals surface area contributed by atoms with Gasteiger partial charge in [-0.2, -0.15) is 0 Å². The van der Waals surface area contributed by atoms with Gasteiger partial charge in [0.05, 0.1) is 14.2 Å². The molecule has 3 nitrogen and oxygen atoms in total. The summed E-state index contributed by atoms with van der Waals surface area (Å²) in [6, 6.07) is 5.80. The van der Waals surface area contributed by atoms with E-state index in [2.05, 4.69) is 0 Å². The van der Waals surface area contributed by atoms with Gasteiger partial charge < -0.3 is 14.6 Å². The normalized spacial score (nSPS) is 23.7. The minimum absolute atomic E-state index is 0.255. The van der Waals surface area contributed by atoms with E-state index in [0.29, 0.717) is 11.8 Å². The molecule has 2 rings (SSSR count). The van der Waals surface area contributed by atoms with Crippen LogP contribution in [0.1, 0.15) is 17.9 Å². The molecule has 1 aliphatic carbocycles. The van der Waals surface area contributed by atoms with Crippen molar-refractivity contribution in [3.8, 4) is 11.5 Å². The van der Waals surface area contributed by atoms with Crippen molar-refractivity contribution in [1.29, 1.82) is 0 Å². The zero-order valence-electron chi connectivity index (χ0n) is 9.06. The van der Waals surface area contributed by atoms with Crippen LogP contribution in [0.25, 0.3) is 0 Å². The van der Waals surface area contributed by atoms with Crippen LogP contribution in [-0.2, 0) is 0 Å². The zero-order chi connectivity index (χ0) is 10.8. The highest BCUT2D eigenvalue weighted by Gasteiger charge is 2.39. The molecule has 0 spiro atoms. The predicted molar refractivity (Wildman–Crippen MR) is 57.5 cm³/mol. The Kier molecular flexibility index (Phi) is 2.82. The van der Waals surface area contributed by atoms with Crippen molar-refractivity contribution in [2.24, 2.45) is 5.92 Å². The van der Waals surface area contributed by atoms with Gasteiger partial charge in [-0.05, 0) is 36.5 Å². The molecule has 0 heterocycles. The average Bonchev–Trinajstić information content (AvgIpc) is 3.07. The number of rotatable bonds is 4. The van der Waals surface area contributed by atoms with Crippen LogP contribution in [0.5, 0.6) is 11.5 Å². The highest BCUT2D eigenvalue weighted by molar-refractivity contribution is 5.44. The van der Waals surface area contributed by atoms with E-state index in [0.717, 1.165) is 23.5 Å². The summed E-state index contributed by atoms with van der Waals surface area (Å²) in [4.78, 5) is 0. The summed E-state index contributed by atoms with van der Waals surface area (Å²) in [6.07, 6.45) is 1.04. The molecule has 0 amide bonds. The lowest BCUT2D eigenvalue weighted by Crippen LogP contribution is -1.94. The van der Waals surface area contributed by atoms with E-state index in [4.69, 9.17) is 14.6 Å². The van der Waals surface area contributed by atoms with Gasteiger partial charge in [0, 0.05) is 12.2 Å². The molecule has 0 aliphatic heterocycles. The molecular weight excluding hydrogens is 192 g/mol. The second-order valence-corrected chi connectivity index (χ2v) is 3.89. The molecule has 1 N–H and O–H groups in total. The quantitative estimate of drug-likeness (QED) is 0.820. The van der Waals surface area contributed by atoms with E-state index in [1.54, 1.807) is 14.2 Å². The first-order chi connectivity index (χ1) is 7.30. The lowest BCUT2D eigenvalue weighted by Gasteiger charge is -2.09. The van der Waals surface area contributed by atoms with E-state index < -0.39 is 0 Å². The van der Waals surface area contributed by atoms with Crippen molar-refractivity contribution in [1.82, 2.24) is 0 Å². The van der Waals surface area contributed by atoms with Crippen molar-refractivity contribution in [3.05, 3.63) is 23.8 Å². The Labute approximate surface area is 89.6 Å². The van der Waals surface area contributed by atoms with Crippen LogP contribution in [0.3, 0.4) is 0 Å². The Bertz CT molecular complexity index is 349. The second-order valence-electron chi connectivity index (χ2n) is 3.89. The summed E-state index contributed by atoms with van der Waals surface area (Å²) in [5.74, 6) is 2.55.